The minimum absolute atomic E-state index is 0.343. The summed E-state index contributed by atoms with van der Waals surface area (Å²) in [7, 11) is 0. The first kappa shape index (κ1) is 16.5. The van der Waals surface area contributed by atoms with Gasteiger partial charge in [0.25, 0.3) is 0 Å². The summed E-state index contributed by atoms with van der Waals surface area (Å²) < 4.78 is 5.23. The van der Waals surface area contributed by atoms with E-state index in [1.54, 1.807) is 0 Å². The lowest BCUT2D eigenvalue weighted by Crippen LogP contribution is -2.35. The van der Waals surface area contributed by atoms with Crippen LogP contribution in [-0.4, -0.2) is 27.7 Å². The van der Waals surface area contributed by atoms with Gasteiger partial charge in [-0.15, -0.1) is 0 Å². The molecule has 0 spiro atoms. The summed E-state index contributed by atoms with van der Waals surface area (Å²) in [4.78, 5) is 9.56. The molecule has 0 aromatic carbocycles. The van der Waals surface area contributed by atoms with E-state index in [0.717, 1.165) is 55.3 Å². The van der Waals surface area contributed by atoms with Gasteiger partial charge in [-0.3, -0.25) is 0 Å². The number of rotatable bonds is 7. The molecule has 2 aromatic rings. The number of hydrogen-bond donors (Lipinski definition) is 2. The number of anilines is 1. The molecule has 0 unspecified atom stereocenters. The quantitative estimate of drug-likeness (QED) is 0.752. The highest BCUT2D eigenvalue weighted by molar-refractivity contribution is 5.39. The van der Waals surface area contributed by atoms with E-state index < -0.39 is 0 Å². The molecule has 2 aliphatic carbocycles. The van der Waals surface area contributed by atoms with Crippen molar-refractivity contribution in [3.8, 4) is 0 Å². The van der Waals surface area contributed by atoms with Crippen LogP contribution in [0.3, 0.4) is 0 Å². The van der Waals surface area contributed by atoms with Gasteiger partial charge in [0.05, 0.1) is 5.69 Å². The maximum absolute atomic E-state index is 5.95. The summed E-state index contributed by atoms with van der Waals surface area (Å²) in [6, 6.07) is 2.47. The summed E-state index contributed by atoms with van der Waals surface area (Å²) in [5.41, 5.74) is 9.35. The van der Waals surface area contributed by atoms with Gasteiger partial charge in [0.1, 0.15) is 17.4 Å². The second-order valence-corrected chi connectivity index (χ2v) is 7.57. The largest absolute Gasteiger partial charge is 0.370 e. The molecular weight excluding hydrogens is 314 g/mol. The van der Waals surface area contributed by atoms with Crippen molar-refractivity contribution in [1.29, 1.82) is 0 Å². The fourth-order valence-electron chi connectivity index (χ4n) is 3.55. The predicted molar refractivity (Wildman–Crippen MR) is 96.7 cm³/mol. The van der Waals surface area contributed by atoms with Crippen molar-refractivity contribution in [2.45, 2.75) is 70.3 Å². The molecular formula is C19H27N5O. The van der Waals surface area contributed by atoms with Crippen LogP contribution in [0.4, 0.5) is 5.82 Å². The first-order valence-corrected chi connectivity index (χ1v) is 9.40. The van der Waals surface area contributed by atoms with Gasteiger partial charge in [-0.1, -0.05) is 5.16 Å². The topological polar surface area (TPSA) is 89.9 Å². The third-order valence-corrected chi connectivity index (χ3v) is 5.39. The van der Waals surface area contributed by atoms with Gasteiger partial charge >= 0.3 is 0 Å². The Morgan fingerprint density at radius 3 is 2.64 bits per heavy atom. The van der Waals surface area contributed by atoms with E-state index in [9.17, 15) is 0 Å². The average molecular weight is 341 g/mol. The molecule has 6 nitrogen and oxygen atoms in total. The lowest BCUT2D eigenvalue weighted by atomic mass is 9.78. The van der Waals surface area contributed by atoms with Crippen LogP contribution in [0, 0.1) is 13.8 Å². The first-order chi connectivity index (χ1) is 12.1. The van der Waals surface area contributed by atoms with Crippen molar-refractivity contribution in [3.63, 3.8) is 0 Å². The van der Waals surface area contributed by atoms with E-state index >= 15 is 0 Å². The monoisotopic (exact) mass is 341 g/mol. The van der Waals surface area contributed by atoms with Crippen LogP contribution in [0.1, 0.15) is 72.5 Å². The number of nitrogens with one attached hydrogen (secondary N) is 1. The van der Waals surface area contributed by atoms with E-state index in [1.165, 1.54) is 24.1 Å². The molecule has 0 radical (unpaired) electrons. The number of aryl methyl sites for hydroxylation is 2. The van der Waals surface area contributed by atoms with Crippen LogP contribution in [0.2, 0.25) is 0 Å². The number of nitrogens with zero attached hydrogens (tertiary/aromatic N) is 3. The lowest BCUT2D eigenvalue weighted by molar-refractivity contribution is 0.344. The molecule has 6 heteroatoms. The number of nitrogens with two attached hydrogens (primary N) is 1. The summed E-state index contributed by atoms with van der Waals surface area (Å²) in [6.07, 6.45) is 6.53. The van der Waals surface area contributed by atoms with Crippen molar-refractivity contribution < 1.29 is 4.52 Å². The zero-order valence-corrected chi connectivity index (χ0v) is 15.1. The Kier molecular flexibility index (Phi) is 4.46. The van der Waals surface area contributed by atoms with Crippen molar-refractivity contribution in [2.75, 3.05) is 11.9 Å². The van der Waals surface area contributed by atoms with Gasteiger partial charge in [-0.05, 0) is 52.4 Å². The van der Waals surface area contributed by atoms with E-state index in [4.69, 9.17) is 20.2 Å². The summed E-state index contributed by atoms with van der Waals surface area (Å²) in [5, 5.41) is 7.51. The molecule has 2 heterocycles. The van der Waals surface area contributed by atoms with E-state index in [-0.39, 0.29) is 0 Å². The predicted octanol–water partition coefficient (Wildman–Crippen LogP) is 3.21. The Morgan fingerprint density at radius 1 is 1.20 bits per heavy atom. The molecule has 0 amide bonds. The van der Waals surface area contributed by atoms with Crippen LogP contribution in [0.15, 0.2) is 10.6 Å². The minimum atomic E-state index is 0.343. The Morgan fingerprint density at radius 2 is 2.00 bits per heavy atom. The Bertz CT molecular complexity index is 727. The lowest BCUT2D eigenvalue weighted by Gasteiger charge is -2.32. The van der Waals surface area contributed by atoms with Gasteiger partial charge in [-0.25, -0.2) is 9.97 Å². The van der Waals surface area contributed by atoms with Gasteiger partial charge < -0.3 is 15.6 Å². The van der Waals surface area contributed by atoms with Crippen LogP contribution in [0.25, 0.3) is 0 Å². The Hall–Kier alpha value is -1.95. The molecule has 2 aromatic heterocycles. The molecule has 2 aliphatic rings. The van der Waals surface area contributed by atoms with Crippen molar-refractivity contribution >= 4 is 5.82 Å². The number of hydrogen-bond acceptors (Lipinski definition) is 6. The molecule has 0 saturated heterocycles. The second-order valence-electron chi connectivity index (χ2n) is 7.57. The van der Waals surface area contributed by atoms with Crippen LogP contribution in [0.5, 0.6) is 0 Å². The highest BCUT2D eigenvalue weighted by atomic mass is 16.5. The van der Waals surface area contributed by atoms with Crippen LogP contribution < -0.4 is 11.1 Å². The fourth-order valence-corrected chi connectivity index (χ4v) is 3.55. The maximum Gasteiger partial charge on any atom is 0.137 e. The zero-order valence-electron chi connectivity index (χ0n) is 15.1. The van der Waals surface area contributed by atoms with Crippen molar-refractivity contribution in [2.24, 2.45) is 5.73 Å². The van der Waals surface area contributed by atoms with E-state index in [0.29, 0.717) is 17.9 Å². The molecule has 4 rings (SSSR count). The maximum atomic E-state index is 5.95. The minimum Gasteiger partial charge on any atom is -0.370 e. The molecule has 0 aliphatic heterocycles. The van der Waals surface area contributed by atoms with Gasteiger partial charge in [0, 0.05) is 41.7 Å². The molecule has 0 atom stereocenters. The van der Waals surface area contributed by atoms with Gasteiger partial charge in [0.15, 0.2) is 0 Å². The molecule has 0 bridgehead atoms. The Balaban J connectivity index is 1.38. The molecule has 3 N–H and O–H groups in total. The zero-order chi connectivity index (χ0) is 17.4. The highest BCUT2D eigenvalue weighted by Gasteiger charge is 2.32. The van der Waals surface area contributed by atoms with Crippen molar-refractivity contribution in [1.82, 2.24) is 15.1 Å². The molecule has 2 fully saturated rings. The standard InChI is InChI=1S/C19H27N5O/c1-11-16(12(2)25-24-11)4-3-7-21-18-10-17(14-8-15(20)9-14)22-19(23-18)13-5-6-13/h10,13-15H,3-9,20H2,1-2H3,(H,21,22,23). The normalized spacial score (nSPS) is 22.7. The summed E-state index contributed by atoms with van der Waals surface area (Å²) >= 11 is 0. The average Bonchev–Trinajstić information content (AvgIpc) is 3.37. The Labute approximate surface area is 148 Å². The van der Waals surface area contributed by atoms with E-state index in [1.807, 2.05) is 13.8 Å². The molecule has 2 saturated carbocycles. The van der Waals surface area contributed by atoms with Crippen LogP contribution >= 0.6 is 0 Å². The summed E-state index contributed by atoms with van der Waals surface area (Å²) in [5.74, 6) is 3.99. The van der Waals surface area contributed by atoms with Gasteiger partial charge in [-0.2, -0.15) is 0 Å². The first-order valence-electron chi connectivity index (χ1n) is 9.40. The molecule has 134 valence electrons. The SMILES string of the molecule is Cc1noc(C)c1CCCNc1cc(C2CC(N)C2)nc(C2CC2)n1. The third-order valence-electron chi connectivity index (χ3n) is 5.39. The highest BCUT2D eigenvalue weighted by Crippen LogP contribution is 2.41. The van der Waals surface area contributed by atoms with Gasteiger partial charge in [0.2, 0.25) is 0 Å². The second kappa shape index (κ2) is 6.75. The fraction of sp³-hybridized carbons (Fsp3) is 0.632. The molecule has 25 heavy (non-hydrogen) atoms. The smallest absolute Gasteiger partial charge is 0.137 e. The summed E-state index contributed by atoms with van der Waals surface area (Å²) in [6.45, 7) is 4.86. The number of aromatic nitrogens is 3. The van der Waals surface area contributed by atoms with Crippen molar-refractivity contribution in [3.05, 3.63) is 34.6 Å². The van der Waals surface area contributed by atoms with E-state index in [2.05, 4.69) is 16.5 Å². The van der Waals surface area contributed by atoms with Crippen LogP contribution in [-0.2, 0) is 6.42 Å². The third kappa shape index (κ3) is 3.68.